The zero-order chi connectivity index (χ0) is 11.8. The number of benzene rings is 1. The quantitative estimate of drug-likeness (QED) is 0.846. The van der Waals surface area contributed by atoms with Gasteiger partial charge in [0.1, 0.15) is 5.75 Å². The van der Waals surface area contributed by atoms with Gasteiger partial charge in [0.2, 0.25) is 0 Å². The molecule has 0 aromatic heterocycles. The number of aliphatic hydroxyl groups is 1. The van der Waals surface area contributed by atoms with Crippen molar-refractivity contribution < 1.29 is 14.6 Å². The Kier molecular flexibility index (Phi) is 2.68. The molecule has 1 aromatic rings. The van der Waals surface area contributed by atoms with Crippen LogP contribution in [0.25, 0.3) is 0 Å². The molecule has 0 spiro atoms. The summed E-state index contributed by atoms with van der Waals surface area (Å²) in [6.45, 7) is 4.81. The van der Waals surface area contributed by atoms with Gasteiger partial charge in [-0.1, -0.05) is 12.1 Å². The molecular formula is C13H18O3. The van der Waals surface area contributed by atoms with Crippen molar-refractivity contribution in [2.24, 2.45) is 0 Å². The summed E-state index contributed by atoms with van der Waals surface area (Å²) in [5.74, 6) is 0.829. The summed E-state index contributed by atoms with van der Waals surface area (Å²) in [4.78, 5) is 0. The molecule has 1 aromatic carbocycles. The summed E-state index contributed by atoms with van der Waals surface area (Å²) in [6.07, 6.45) is 0. The first-order chi connectivity index (χ1) is 7.49. The van der Waals surface area contributed by atoms with Crippen LogP contribution in [0.3, 0.4) is 0 Å². The van der Waals surface area contributed by atoms with Gasteiger partial charge in [0.25, 0.3) is 0 Å². The first-order valence-electron chi connectivity index (χ1n) is 5.44. The number of rotatable bonds is 3. The maximum absolute atomic E-state index is 10.3. The van der Waals surface area contributed by atoms with Gasteiger partial charge < -0.3 is 14.6 Å². The highest BCUT2D eigenvalue weighted by atomic mass is 16.5. The number of hydrogen-bond acceptors (Lipinski definition) is 3. The van der Waals surface area contributed by atoms with E-state index in [0.29, 0.717) is 13.2 Å². The smallest absolute Gasteiger partial charge is 0.118 e. The van der Waals surface area contributed by atoms with Crippen LogP contribution in [0.1, 0.15) is 19.4 Å². The lowest BCUT2D eigenvalue weighted by molar-refractivity contribution is -0.157. The number of methoxy groups -OCH3 is 1. The van der Waals surface area contributed by atoms with Gasteiger partial charge in [-0.3, -0.25) is 0 Å². The van der Waals surface area contributed by atoms with E-state index in [0.717, 1.165) is 11.3 Å². The Balaban J connectivity index is 2.34. The fraction of sp³-hybridized carbons (Fsp3) is 0.538. The van der Waals surface area contributed by atoms with Crippen LogP contribution >= 0.6 is 0 Å². The summed E-state index contributed by atoms with van der Waals surface area (Å²) in [5.41, 5.74) is 0.0473. The van der Waals surface area contributed by atoms with E-state index in [-0.39, 0.29) is 5.41 Å². The highest BCUT2D eigenvalue weighted by Gasteiger charge is 2.51. The fourth-order valence-corrected chi connectivity index (χ4v) is 2.09. The normalized spacial score (nSPS) is 19.0. The molecule has 0 bridgehead atoms. The lowest BCUT2D eigenvalue weighted by atomic mass is 9.67. The molecular weight excluding hydrogens is 204 g/mol. The Hall–Kier alpha value is -1.06. The van der Waals surface area contributed by atoms with E-state index in [1.807, 2.05) is 38.1 Å². The molecule has 1 aliphatic rings. The predicted molar refractivity (Wildman–Crippen MR) is 61.8 cm³/mol. The Morgan fingerprint density at radius 2 is 1.81 bits per heavy atom. The van der Waals surface area contributed by atoms with Crippen LogP contribution in [-0.2, 0) is 10.2 Å². The second-order valence-corrected chi connectivity index (χ2v) is 4.86. The Labute approximate surface area is 96.0 Å². The summed E-state index contributed by atoms with van der Waals surface area (Å²) in [7, 11) is 1.65. The average molecular weight is 222 g/mol. The van der Waals surface area contributed by atoms with Gasteiger partial charge in [-0.2, -0.15) is 0 Å². The van der Waals surface area contributed by atoms with Crippen molar-refractivity contribution in [2.45, 2.75) is 24.9 Å². The maximum Gasteiger partial charge on any atom is 0.118 e. The molecule has 0 atom stereocenters. The monoisotopic (exact) mass is 222 g/mol. The zero-order valence-electron chi connectivity index (χ0n) is 9.99. The first kappa shape index (κ1) is 11.4. The standard InChI is InChI=1S/C13H18O3/c1-12(2,14)13(8-16-9-13)10-4-6-11(15-3)7-5-10/h4-7,14H,8-9H2,1-3H3. The first-order valence-corrected chi connectivity index (χ1v) is 5.44. The van der Waals surface area contributed by atoms with Crippen LogP contribution in [0.2, 0.25) is 0 Å². The molecule has 0 saturated carbocycles. The summed E-state index contributed by atoms with van der Waals surface area (Å²) in [6, 6.07) is 7.83. The van der Waals surface area contributed by atoms with Gasteiger partial charge in [-0.15, -0.1) is 0 Å². The summed E-state index contributed by atoms with van der Waals surface area (Å²) < 4.78 is 10.4. The summed E-state index contributed by atoms with van der Waals surface area (Å²) in [5, 5.41) is 10.3. The van der Waals surface area contributed by atoms with Gasteiger partial charge in [0.05, 0.1) is 31.3 Å². The highest BCUT2D eigenvalue weighted by Crippen LogP contribution is 2.42. The van der Waals surface area contributed by atoms with Gasteiger partial charge in [-0.05, 0) is 31.5 Å². The second kappa shape index (κ2) is 3.75. The highest BCUT2D eigenvalue weighted by molar-refractivity contribution is 5.36. The van der Waals surface area contributed by atoms with E-state index >= 15 is 0 Å². The van der Waals surface area contributed by atoms with Crippen molar-refractivity contribution in [1.29, 1.82) is 0 Å². The molecule has 3 heteroatoms. The predicted octanol–water partition coefficient (Wildman–Crippen LogP) is 1.73. The van der Waals surface area contributed by atoms with Crippen LogP contribution in [0.4, 0.5) is 0 Å². The van der Waals surface area contributed by atoms with Gasteiger partial charge >= 0.3 is 0 Å². The van der Waals surface area contributed by atoms with Gasteiger partial charge in [-0.25, -0.2) is 0 Å². The van der Waals surface area contributed by atoms with E-state index in [2.05, 4.69) is 0 Å². The van der Waals surface area contributed by atoms with Crippen molar-refractivity contribution in [3.63, 3.8) is 0 Å². The van der Waals surface area contributed by atoms with Crippen molar-refractivity contribution in [2.75, 3.05) is 20.3 Å². The zero-order valence-corrected chi connectivity index (χ0v) is 9.99. The number of ether oxygens (including phenoxy) is 2. The van der Waals surface area contributed by atoms with Gasteiger partial charge in [0.15, 0.2) is 0 Å². The van der Waals surface area contributed by atoms with Crippen LogP contribution in [0.5, 0.6) is 5.75 Å². The third-order valence-corrected chi connectivity index (χ3v) is 3.51. The van der Waals surface area contributed by atoms with Crippen LogP contribution in [0.15, 0.2) is 24.3 Å². The Morgan fingerprint density at radius 1 is 1.25 bits per heavy atom. The third-order valence-electron chi connectivity index (χ3n) is 3.51. The van der Waals surface area contributed by atoms with E-state index in [4.69, 9.17) is 9.47 Å². The maximum atomic E-state index is 10.3. The molecule has 0 aliphatic carbocycles. The van der Waals surface area contributed by atoms with Crippen LogP contribution in [-0.4, -0.2) is 31.0 Å². The average Bonchev–Trinajstić information content (AvgIpc) is 2.15. The molecule has 0 radical (unpaired) electrons. The Bertz CT molecular complexity index is 358. The lowest BCUT2D eigenvalue weighted by Gasteiger charge is -2.50. The minimum atomic E-state index is -0.778. The van der Waals surface area contributed by atoms with E-state index in [1.165, 1.54) is 0 Å². The molecule has 1 heterocycles. The van der Waals surface area contributed by atoms with E-state index in [9.17, 15) is 5.11 Å². The van der Waals surface area contributed by atoms with Crippen LogP contribution < -0.4 is 4.74 Å². The summed E-state index contributed by atoms with van der Waals surface area (Å²) >= 11 is 0. The molecule has 3 nitrogen and oxygen atoms in total. The molecule has 1 N–H and O–H groups in total. The minimum Gasteiger partial charge on any atom is -0.497 e. The fourth-order valence-electron chi connectivity index (χ4n) is 2.09. The second-order valence-electron chi connectivity index (χ2n) is 4.86. The molecule has 1 saturated heterocycles. The van der Waals surface area contributed by atoms with E-state index < -0.39 is 5.60 Å². The number of hydrogen-bond donors (Lipinski definition) is 1. The van der Waals surface area contributed by atoms with Crippen molar-refractivity contribution >= 4 is 0 Å². The molecule has 1 fully saturated rings. The Morgan fingerprint density at radius 3 is 2.12 bits per heavy atom. The topological polar surface area (TPSA) is 38.7 Å². The largest absolute Gasteiger partial charge is 0.497 e. The SMILES string of the molecule is COc1ccc(C2(C(C)(C)O)COC2)cc1. The lowest BCUT2D eigenvalue weighted by Crippen LogP contribution is -2.60. The molecule has 0 amide bonds. The third kappa shape index (κ3) is 1.60. The molecule has 1 aliphatic heterocycles. The molecule has 0 unspecified atom stereocenters. The minimum absolute atomic E-state index is 0.279. The van der Waals surface area contributed by atoms with Crippen molar-refractivity contribution in [3.05, 3.63) is 29.8 Å². The van der Waals surface area contributed by atoms with Crippen LogP contribution in [0, 0.1) is 0 Å². The molecule has 16 heavy (non-hydrogen) atoms. The molecule has 2 rings (SSSR count). The van der Waals surface area contributed by atoms with Crippen molar-refractivity contribution in [3.8, 4) is 5.75 Å². The molecule has 88 valence electrons. The van der Waals surface area contributed by atoms with Gasteiger partial charge in [0, 0.05) is 0 Å². The van der Waals surface area contributed by atoms with E-state index in [1.54, 1.807) is 7.11 Å². The van der Waals surface area contributed by atoms with Crippen molar-refractivity contribution in [1.82, 2.24) is 0 Å².